The van der Waals surface area contributed by atoms with Crippen molar-refractivity contribution in [1.29, 1.82) is 0 Å². The van der Waals surface area contributed by atoms with Crippen LogP contribution in [0.1, 0.15) is 26.7 Å². The van der Waals surface area contributed by atoms with E-state index in [1.54, 1.807) is 0 Å². The highest BCUT2D eigenvalue weighted by Gasteiger charge is 2.30. The average molecular weight is 133 g/mol. The van der Waals surface area contributed by atoms with E-state index in [-0.39, 0.29) is 0 Å². The Bertz CT molecular complexity index is 72.5. The van der Waals surface area contributed by atoms with Gasteiger partial charge < -0.3 is 0 Å². The molecule has 8 heavy (non-hydrogen) atoms. The number of hydrogen-bond donors (Lipinski definition) is 0. The van der Waals surface area contributed by atoms with Crippen LogP contribution in [0.25, 0.3) is 0 Å². The Balaban J connectivity index is 2.22. The molecule has 1 fully saturated rings. The summed E-state index contributed by atoms with van der Waals surface area (Å²) in [6.07, 6.45) is 2.83. The minimum absolute atomic E-state index is 0.377. The molecule has 0 aliphatic heterocycles. The average Bonchev–Trinajstić information content (AvgIpc) is 2.43. The van der Waals surface area contributed by atoms with E-state index in [2.05, 4.69) is 13.8 Å². The molecule has 2 atom stereocenters. The largest absolute Gasteiger partial charge is 0.123 e. The molecule has 0 bridgehead atoms. The maximum absolute atomic E-state index is 5.86. The van der Waals surface area contributed by atoms with Crippen LogP contribution in [0.2, 0.25) is 0 Å². The van der Waals surface area contributed by atoms with Gasteiger partial charge in [0.05, 0.1) is 0 Å². The summed E-state index contributed by atoms with van der Waals surface area (Å²) in [5.41, 5.74) is 0. The highest BCUT2D eigenvalue weighted by Crippen LogP contribution is 2.39. The zero-order valence-corrected chi connectivity index (χ0v) is 6.28. The summed E-state index contributed by atoms with van der Waals surface area (Å²) >= 11 is 5.86. The van der Waals surface area contributed by atoms with Gasteiger partial charge in [-0.1, -0.05) is 6.92 Å². The Morgan fingerprint density at radius 2 is 1.88 bits per heavy atom. The molecule has 0 N–H and O–H groups in total. The van der Waals surface area contributed by atoms with Crippen LogP contribution in [0.4, 0.5) is 0 Å². The maximum Gasteiger partial charge on any atom is 0.0336 e. The molecule has 0 saturated heterocycles. The summed E-state index contributed by atoms with van der Waals surface area (Å²) in [5, 5.41) is 0.377. The van der Waals surface area contributed by atoms with Crippen molar-refractivity contribution >= 4 is 11.6 Å². The zero-order chi connectivity index (χ0) is 6.15. The molecule has 0 aromatic heterocycles. The van der Waals surface area contributed by atoms with Gasteiger partial charge in [-0.25, -0.2) is 0 Å². The highest BCUT2D eigenvalue weighted by atomic mass is 35.5. The minimum atomic E-state index is 0.377. The van der Waals surface area contributed by atoms with Crippen LogP contribution in [0.3, 0.4) is 0 Å². The molecule has 1 aliphatic carbocycles. The van der Waals surface area contributed by atoms with E-state index in [0.29, 0.717) is 5.38 Å². The molecule has 0 amide bonds. The van der Waals surface area contributed by atoms with Crippen LogP contribution in [0.15, 0.2) is 0 Å². The van der Waals surface area contributed by atoms with Gasteiger partial charge in [0.25, 0.3) is 0 Å². The SMILES string of the molecule is CC(Cl)C(C)C1CC1. The van der Waals surface area contributed by atoms with Crippen molar-refractivity contribution in [3.63, 3.8) is 0 Å². The molecule has 48 valence electrons. The lowest BCUT2D eigenvalue weighted by atomic mass is 10.0. The van der Waals surface area contributed by atoms with Crippen LogP contribution >= 0.6 is 11.6 Å². The molecule has 1 aliphatic rings. The summed E-state index contributed by atoms with van der Waals surface area (Å²) in [5.74, 6) is 1.71. The zero-order valence-electron chi connectivity index (χ0n) is 5.52. The van der Waals surface area contributed by atoms with Crippen LogP contribution < -0.4 is 0 Å². The van der Waals surface area contributed by atoms with Gasteiger partial charge in [0.15, 0.2) is 0 Å². The fourth-order valence-corrected chi connectivity index (χ4v) is 1.20. The first-order valence-corrected chi connectivity index (χ1v) is 3.79. The summed E-state index contributed by atoms with van der Waals surface area (Å²) in [6, 6.07) is 0. The molecular weight excluding hydrogens is 120 g/mol. The van der Waals surface area contributed by atoms with Crippen LogP contribution in [-0.2, 0) is 0 Å². The van der Waals surface area contributed by atoms with Crippen molar-refractivity contribution in [2.45, 2.75) is 32.1 Å². The first kappa shape index (κ1) is 6.41. The Kier molecular flexibility index (Phi) is 1.81. The van der Waals surface area contributed by atoms with E-state index in [9.17, 15) is 0 Å². The van der Waals surface area contributed by atoms with Crippen molar-refractivity contribution in [2.24, 2.45) is 11.8 Å². The van der Waals surface area contributed by atoms with Crippen LogP contribution in [0.5, 0.6) is 0 Å². The fourth-order valence-electron chi connectivity index (χ4n) is 0.997. The molecule has 2 unspecified atom stereocenters. The van der Waals surface area contributed by atoms with Crippen molar-refractivity contribution in [3.8, 4) is 0 Å². The summed E-state index contributed by atoms with van der Waals surface area (Å²) in [4.78, 5) is 0. The Labute approximate surface area is 56.2 Å². The summed E-state index contributed by atoms with van der Waals surface area (Å²) in [6.45, 7) is 4.33. The van der Waals surface area contributed by atoms with E-state index in [1.165, 1.54) is 12.8 Å². The van der Waals surface area contributed by atoms with Gasteiger partial charge in [-0.3, -0.25) is 0 Å². The molecule has 0 spiro atoms. The van der Waals surface area contributed by atoms with Gasteiger partial charge >= 0.3 is 0 Å². The standard InChI is InChI=1S/C7H13Cl/c1-5(6(2)8)7-3-4-7/h5-7H,3-4H2,1-2H3. The summed E-state index contributed by atoms with van der Waals surface area (Å²) < 4.78 is 0. The number of hydrogen-bond acceptors (Lipinski definition) is 0. The molecule has 1 heteroatoms. The van der Waals surface area contributed by atoms with E-state index >= 15 is 0 Å². The molecular formula is C7H13Cl. The quantitative estimate of drug-likeness (QED) is 0.507. The molecule has 0 radical (unpaired) electrons. The smallest absolute Gasteiger partial charge is 0.0336 e. The fraction of sp³-hybridized carbons (Fsp3) is 1.00. The minimum Gasteiger partial charge on any atom is -0.123 e. The third-order valence-electron chi connectivity index (χ3n) is 2.09. The van der Waals surface area contributed by atoms with Crippen molar-refractivity contribution in [2.75, 3.05) is 0 Å². The lowest BCUT2D eigenvalue weighted by Crippen LogP contribution is -2.08. The summed E-state index contributed by atoms with van der Waals surface area (Å²) in [7, 11) is 0. The van der Waals surface area contributed by atoms with Crippen molar-refractivity contribution in [3.05, 3.63) is 0 Å². The molecule has 0 aromatic carbocycles. The molecule has 1 saturated carbocycles. The van der Waals surface area contributed by atoms with Crippen molar-refractivity contribution in [1.82, 2.24) is 0 Å². The predicted octanol–water partition coefficient (Wildman–Crippen LogP) is 2.66. The van der Waals surface area contributed by atoms with Gasteiger partial charge in [0.1, 0.15) is 0 Å². The Hall–Kier alpha value is 0.290. The van der Waals surface area contributed by atoms with E-state index in [4.69, 9.17) is 11.6 Å². The number of rotatable bonds is 2. The molecule has 1 rings (SSSR count). The van der Waals surface area contributed by atoms with Gasteiger partial charge in [-0.2, -0.15) is 0 Å². The van der Waals surface area contributed by atoms with E-state index in [1.807, 2.05) is 0 Å². The first-order valence-electron chi connectivity index (χ1n) is 3.36. The monoisotopic (exact) mass is 132 g/mol. The second kappa shape index (κ2) is 2.26. The van der Waals surface area contributed by atoms with Crippen LogP contribution in [0, 0.1) is 11.8 Å². The first-order chi connectivity index (χ1) is 3.72. The molecule has 0 nitrogen and oxygen atoms in total. The lowest BCUT2D eigenvalue weighted by molar-refractivity contribution is 0.500. The predicted molar refractivity (Wildman–Crippen MR) is 37.2 cm³/mol. The van der Waals surface area contributed by atoms with E-state index < -0.39 is 0 Å². The second-order valence-electron chi connectivity index (χ2n) is 2.87. The van der Waals surface area contributed by atoms with Gasteiger partial charge in [-0.15, -0.1) is 11.6 Å². The normalized spacial score (nSPS) is 27.4. The Morgan fingerprint density at radius 1 is 1.38 bits per heavy atom. The van der Waals surface area contributed by atoms with Gasteiger partial charge in [0.2, 0.25) is 0 Å². The van der Waals surface area contributed by atoms with E-state index in [0.717, 1.165) is 11.8 Å². The van der Waals surface area contributed by atoms with Crippen molar-refractivity contribution < 1.29 is 0 Å². The number of alkyl halides is 1. The topological polar surface area (TPSA) is 0 Å². The van der Waals surface area contributed by atoms with Gasteiger partial charge in [-0.05, 0) is 31.6 Å². The highest BCUT2D eigenvalue weighted by molar-refractivity contribution is 6.20. The lowest BCUT2D eigenvalue weighted by Gasteiger charge is -2.10. The Morgan fingerprint density at radius 3 is 2.00 bits per heavy atom. The number of halogens is 1. The maximum atomic E-state index is 5.86. The molecule has 0 aromatic rings. The van der Waals surface area contributed by atoms with Crippen LogP contribution in [-0.4, -0.2) is 5.38 Å². The molecule has 0 heterocycles. The third-order valence-corrected chi connectivity index (χ3v) is 2.49. The van der Waals surface area contributed by atoms with Gasteiger partial charge in [0, 0.05) is 5.38 Å². The third kappa shape index (κ3) is 1.38. The second-order valence-corrected chi connectivity index (χ2v) is 3.56.